The first-order valence-electron chi connectivity index (χ1n) is 5.46. The van der Waals surface area contributed by atoms with E-state index in [2.05, 4.69) is 15.3 Å². The predicted octanol–water partition coefficient (Wildman–Crippen LogP) is 2.44. The summed E-state index contributed by atoms with van der Waals surface area (Å²) in [5.74, 6) is -0.261. The quantitative estimate of drug-likeness (QED) is 0.817. The number of rotatable bonds is 1. The molecule has 5 heteroatoms. The second-order valence-corrected chi connectivity index (χ2v) is 4.51. The van der Waals surface area contributed by atoms with Crippen LogP contribution < -0.4 is 5.32 Å². The molecule has 0 aliphatic carbocycles. The summed E-state index contributed by atoms with van der Waals surface area (Å²) in [7, 11) is 0. The molecule has 1 aromatic carbocycles. The normalized spacial score (nSPS) is 19.1. The molecule has 2 aromatic rings. The van der Waals surface area contributed by atoms with E-state index in [-0.39, 0.29) is 11.9 Å². The first kappa shape index (κ1) is 10.7. The number of fused-ring (bicyclic) bond motifs is 1. The van der Waals surface area contributed by atoms with Gasteiger partial charge in [0.2, 0.25) is 0 Å². The molecule has 1 aliphatic rings. The summed E-state index contributed by atoms with van der Waals surface area (Å²) in [5.41, 5.74) is 2.47. The van der Waals surface area contributed by atoms with Gasteiger partial charge in [-0.3, -0.25) is 0 Å². The van der Waals surface area contributed by atoms with Crippen LogP contribution in [0.1, 0.15) is 23.0 Å². The summed E-state index contributed by atoms with van der Waals surface area (Å²) in [6, 6.07) is 4.37. The highest BCUT2D eigenvalue weighted by Gasteiger charge is 2.25. The molecule has 2 N–H and O–H groups in total. The van der Waals surface area contributed by atoms with E-state index < -0.39 is 0 Å². The zero-order chi connectivity index (χ0) is 11.8. The Bertz CT molecular complexity index is 552. The number of aromatic amines is 1. The van der Waals surface area contributed by atoms with Crippen LogP contribution in [0.4, 0.5) is 4.39 Å². The number of hydrogen-bond acceptors (Lipinski definition) is 2. The first-order valence-corrected chi connectivity index (χ1v) is 5.84. The van der Waals surface area contributed by atoms with Gasteiger partial charge >= 0.3 is 0 Å². The molecule has 0 saturated heterocycles. The van der Waals surface area contributed by atoms with Crippen LogP contribution in [0, 0.1) is 5.82 Å². The molecule has 17 heavy (non-hydrogen) atoms. The standard InChI is InChI=1S/C12H11ClFN3/c13-7-1-2-9(14)8(5-7)11-12-10(3-4-15-11)16-6-17-12/h1-2,5-6,11,15H,3-4H2,(H,16,17). The number of nitrogens with one attached hydrogen (secondary N) is 2. The van der Waals surface area contributed by atoms with Crippen LogP contribution >= 0.6 is 11.6 Å². The SMILES string of the molecule is Fc1ccc(Cl)cc1C1NCCc2[nH]cnc21. The Hall–Kier alpha value is -1.39. The van der Waals surface area contributed by atoms with Gasteiger partial charge in [-0.25, -0.2) is 9.37 Å². The Labute approximate surface area is 103 Å². The van der Waals surface area contributed by atoms with Crippen molar-refractivity contribution in [1.29, 1.82) is 0 Å². The average Bonchev–Trinajstić information content (AvgIpc) is 2.80. The van der Waals surface area contributed by atoms with E-state index in [0.29, 0.717) is 10.6 Å². The van der Waals surface area contributed by atoms with Gasteiger partial charge in [0, 0.05) is 29.2 Å². The third-order valence-corrected chi connectivity index (χ3v) is 3.25. The van der Waals surface area contributed by atoms with Crippen LogP contribution in [0.5, 0.6) is 0 Å². The number of imidazole rings is 1. The van der Waals surface area contributed by atoms with Crippen LogP contribution in [-0.4, -0.2) is 16.5 Å². The molecular weight excluding hydrogens is 241 g/mol. The topological polar surface area (TPSA) is 40.7 Å². The van der Waals surface area contributed by atoms with Gasteiger partial charge in [-0.15, -0.1) is 0 Å². The minimum Gasteiger partial charge on any atom is -0.348 e. The van der Waals surface area contributed by atoms with Crippen molar-refractivity contribution in [3.8, 4) is 0 Å². The summed E-state index contributed by atoms with van der Waals surface area (Å²) in [4.78, 5) is 7.34. The lowest BCUT2D eigenvalue weighted by Gasteiger charge is -2.23. The highest BCUT2D eigenvalue weighted by Crippen LogP contribution is 2.29. The van der Waals surface area contributed by atoms with Crippen molar-refractivity contribution < 1.29 is 4.39 Å². The van der Waals surface area contributed by atoms with E-state index in [0.717, 1.165) is 24.4 Å². The molecule has 1 atom stereocenters. The number of hydrogen-bond donors (Lipinski definition) is 2. The molecule has 2 heterocycles. The monoisotopic (exact) mass is 251 g/mol. The van der Waals surface area contributed by atoms with Crippen LogP contribution in [0.15, 0.2) is 24.5 Å². The first-order chi connectivity index (χ1) is 8.25. The molecule has 88 valence electrons. The lowest BCUT2D eigenvalue weighted by molar-refractivity contribution is 0.518. The number of nitrogens with zero attached hydrogens (tertiary/aromatic N) is 1. The fourth-order valence-corrected chi connectivity index (χ4v) is 2.39. The smallest absolute Gasteiger partial charge is 0.128 e. The molecule has 1 aliphatic heterocycles. The number of H-pyrrole nitrogens is 1. The van der Waals surface area contributed by atoms with Gasteiger partial charge in [0.05, 0.1) is 18.1 Å². The van der Waals surface area contributed by atoms with Crippen LogP contribution in [0.2, 0.25) is 5.02 Å². The number of benzene rings is 1. The Kier molecular flexibility index (Phi) is 2.61. The molecular formula is C12H11ClFN3. The second kappa shape index (κ2) is 4.13. The lowest BCUT2D eigenvalue weighted by atomic mass is 9.97. The summed E-state index contributed by atoms with van der Waals surface area (Å²) in [5, 5.41) is 3.80. The van der Waals surface area contributed by atoms with E-state index in [1.807, 2.05) is 0 Å². The molecule has 0 amide bonds. The Balaban J connectivity index is 2.09. The van der Waals surface area contributed by atoms with Crippen molar-refractivity contribution in [2.75, 3.05) is 6.54 Å². The molecule has 1 unspecified atom stereocenters. The maximum atomic E-state index is 13.8. The van der Waals surface area contributed by atoms with Gasteiger partial charge in [0.25, 0.3) is 0 Å². The van der Waals surface area contributed by atoms with Crippen LogP contribution in [0.25, 0.3) is 0 Å². The van der Waals surface area contributed by atoms with Gasteiger partial charge in [-0.2, -0.15) is 0 Å². The summed E-state index contributed by atoms with van der Waals surface area (Å²) in [6.07, 6.45) is 2.53. The van der Waals surface area contributed by atoms with Gasteiger partial charge < -0.3 is 10.3 Å². The largest absolute Gasteiger partial charge is 0.348 e. The van der Waals surface area contributed by atoms with Crippen molar-refractivity contribution >= 4 is 11.6 Å². The lowest BCUT2D eigenvalue weighted by Crippen LogP contribution is -2.31. The molecule has 0 spiro atoms. The fraction of sp³-hybridized carbons (Fsp3) is 0.250. The zero-order valence-corrected chi connectivity index (χ0v) is 9.76. The van der Waals surface area contributed by atoms with Crippen molar-refractivity contribution in [2.45, 2.75) is 12.5 Å². The molecule has 0 radical (unpaired) electrons. The summed E-state index contributed by atoms with van der Waals surface area (Å²) < 4.78 is 13.8. The highest BCUT2D eigenvalue weighted by molar-refractivity contribution is 6.30. The molecule has 1 aromatic heterocycles. The fourth-order valence-electron chi connectivity index (χ4n) is 2.21. The number of halogens is 2. The molecule has 3 rings (SSSR count). The summed E-state index contributed by atoms with van der Waals surface area (Å²) >= 11 is 5.91. The Morgan fingerprint density at radius 2 is 2.29 bits per heavy atom. The minimum absolute atomic E-state index is 0.219. The minimum atomic E-state index is -0.261. The number of aromatic nitrogens is 2. The van der Waals surface area contributed by atoms with Gasteiger partial charge in [-0.1, -0.05) is 11.6 Å². The van der Waals surface area contributed by atoms with E-state index >= 15 is 0 Å². The highest BCUT2D eigenvalue weighted by atomic mass is 35.5. The van der Waals surface area contributed by atoms with Crippen LogP contribution in [0.3, 0.4) is 0 Å². The summed E-state index contributed by atoms with van der Waals surface area (Å²) in [6.45, 7) is 0.797. The third-order valence-electron chi connectivity index (χ3n) is 3.02. The maximum Gasteiger partial charge on any atom is 0.128 e. The van der Waals surface area contributed by atoms with Gasteiger partial charge in [-0.05, 0) is 18.2 Å². The van der Waals surface area contributed by atoms with E-state index in [9.17, 15) is 4.39 Å². The average molecular weight is 252 g/mol. The van der Waals surface area contributed by atoms with E-state index in [1.54, 1.807) is 18.5 Å². The molecule has 0 fully saturated rings. The van der Waals surface area contributed by atoms with Crippen molar-refractivity contribution in [2.24, 2.45) is 0 Å². The van der Waals surface area contributed by atoms with Crippen molar-refractivity contribution in [3.63, 3.8) is 0 Å². The molecule has 0 bridgehead atoms. The molecule has 3 nitrogen and oxygen atoms in total. The van der Waals surface area contributed by atoms with Gasteiger partial charge in [0.1, 0.15) is 5.82 Å². The predicted molar refractivity (Wildman–Crippen MR) is 63.5 cm³/mol. The zero-order valence-electron chi connectivity index (χ0n) is 9.00. The van der Waals surface area contributed by atoms with Crippen molar-refractivity contribution in [3.05, 3.63) is 52.3 Å². The van der Waals surface area contributed by atoms with E-state index in [1.165, 1.54) is 6.07 Å². The molecule has 0 saturated carbocycles. The van der Waals surface area contributed by atoms with E-state index in [4.69, 9.17) is 11.6 Å². The maximum absolute atomic E-state index is 13.8. The second-order valence-electron chi connectivity index (χ2n) is 4.07. The van der Waals surface area contributed by atoms with Crippen LogP contribution in [-0.2, 0) is 6.42 Å². The Morgan fingerprint density at radius 3 is 3.18 bits per heavy atom. The Morgan fingerprint density at radius 1 is 1.41 bits per heavy atom. The van der Waals surface area contributed by atoms with Gasteiger partial charge in [0.15, 0.2) is 0 Å². The van der Waals surface area contributed by atoms with Crippen molar-refractivity contribution in [1.82, 2.24) is 15.3 Å². The third kappa shape index (κ3) is 1.83.